The van der Waals surface area contributed by atoms with Crippen molar-refractivity contribution in [1.29, 1.82) is 0 Å². The molecule has 0 radical (unpaired) electrons. The molecule has 0 saturated heterocycles. The minimum absolute atomic E-state index is 0.136. The molecule has 0 fully saturated rings. The molecule has 2 amide bonds. The molecule has 7 nitrogen and oxygen atoms in total. The maximum absolute atomic E-state index is 12.4. The van der Waals surface area contributed by atoms with Crippen LogP contribution in [0.15, 0.2) is 51.4 Å². The molecule has 2 aromatic rings. The standard InChI is InChI=1S/C20H21Br2NO6/c1-2-28-16(8-9-24)18(14-10-13(21)11-15(22)17(14)25)29-20(27)23-19(26)12-6-4-3-5-7-12/h3-7,10-11,16,18,24-25H,2,8-9H2,1H3,(H,23,26,27)/t16-,18-/m1/s1. The van der Waals surface area contributed by atoms with Gasteiger partial charge in [0, 0.05) is 35.2 Å². The van der Waals surface area contributed by atoms with E-state index >= 15 is 0 Å². The summed E-state index contributed by atoms with van der Waals surface area (Å²) in [5.74, 6) is -0.757. The monoisotopic (exact) mass is 529 g/mol. The number of hydrogen-bond donors (Lipinski definition) is 3. The molecule has 3 N–H and O–H groups in total. The van der Waals surface area contributed by atoms with Crippen LogP contribution in [0, 0.1) is 0 Å². The van der Waals surface area contributed by atoms with Crippen LogP contribution in [-0.2, 0) is 9.47 Å². The van der Waals surface area contributed by atoms with Crippen LogP contribution in [0.1, 0.15) is 35.4 Å². The Bertz CT molecular complexity index is 840. The summed E-state index contributed by atoms with van der Waals surface area (Å²) in [7, 11) is 0. The minimum atomic E-state index is -1.07. The Morgan fingerprint density at radius 3 is 2.48 bits per heavy atom. The van der Waals surface area contributed by atoms with Crippen LogP contribution in [0.25, 0.3) is 0 Å². The van der Waals surface area contributed by atoms with Gasteiger partial charge in [-0.05, 0) is 47.1 Å². The third-order valence-corrected chi connectivity index (χ3v) is 5.04. The Kier molecular flexibility index (Phi) is 9.09. The predicted octanol–water partition coefficient (Wildman–Crippen LogP) is 4.31. The van der Waals surface area contributed by atoms with Crippen LogP contribution in [0.4, 0.5) is 4.79 Å². The summed E-state index contributed by atoms with van der Waals surface area (Å²) in [5.41, 5.74) is 0.561. The highest BCUT2D eigenvalue weighted by Gasteiger charge is 2.31. The number of hydrogen-bond acceptors (Lipinski definition) is 6. The Balaban J connectivity index is 2.30. The van der Waals surface area contributed by atoms with Crippen LogP contribution in [0.5, 0.6) is 5.75 Å². The molecule has 0 heterocycles. The number of amides is 2. The first-order valence-corrected chi connectivity index (χ1v) is 10.4. The number of aromatic hydroxyl groups is 1. The molecule has 0 aliphatic rings. The van der Waals surface area contributed by atoms with E-state index in [1.165, 1.54) is 0 Å². The van der Waals surface area contributed by atoms with Gasteiger partial charge in [0.15, 0.2) is 6.10 Å². The first-order chi connectivity index (χ1) is 13.9. The lowest BCUT2D eigenvalue weighted by Crippen LogP contribution is -2.35. The average Bonchev–Trinajstić information content (AvgIpc) is 2.69. The number of alkyl carbamates (subject to hydrolysis) is 1. The number of rotatable bonds is 8. The summed E-state index contributed by atoms with van der Waals surface area (Å²) in [6.07, 6.45) is -2.65. The van der Waals surface area contributed by atoms with Crippen molar-refractivity contribution < 1.29 is 29.3 Å². The van der Waals surface area contributed by atoms with Gasteiger partial charge in [-0.25, -0.2) is 4.79 Å². The molecular weight excluding hydrogens is 510 g/mol. The number of imide groups is 1. The molecule has 0 aliphatic heterocycles. The van der Waals surface area contributed by atoms with Crippen molar-refractivity contribution in [3.63, 3.8) is 0 Å². The number of aliphatic hydroxyl groups is 1. The van der Waals surface area contributed by atoms with Crippen molar-refractivity contribution in [1.82, 2.24) is 5.32 Å². The SMILES string of the molecule is CCO[C@H](CCO)[C@H](OC(=O)NC(=O)c1ccccc1)c1cc(Br)cc(Br)c1O. The second-order valence-corrected chi connectivity index (χ2v) is 7.75. The zero-order valence-corrected chi connectivity index (χ0v) is 18.8. The number of phenolic OH excluding ortho intramolecular Hbond substituents is 1. The lowest BCUT2D eigenvalue weighted by molar-refractivity contribution is -0.0516. The largest absolute Gasteiger partial charge is 0.506 e. The quantitative estimate of drug-likeness (QED) is 0.469. The first kappa shape index (κ1) is 23.3. The van der Waals surface area contributed by atoms with Crippen LogP contribution < -0.4 is 5.32 Å². The van der Waals surface area contributed by atoms with E-state index in [4.69, 9.17) is 9.47 Å². The lowest BCUT2D eigenvalue weighted by atomic mass is 10.0. The Hall–Kier alpha value is -1.94. The van der Waals surface area contributed by atoms with Crippen molar-refractivity contribution >= 4 is 43.9 Å². The van der Waals surface area contributed by atoms with Gasteiger partial charge in [-0.3, -0.25) is 10.1 Å². The maximum Gasteiger partial charge on any atom is 0.414 e. The van der Waals surface area contributed by atoms with Crippen molar-refractivity contribution in [2.45, 2.75) is 25.6 Å². The molecule has 0 bridgehead atoms. The molecule has 0 aliphatic carbocycles. The predicted molar refractivity (Wildman–Crippen MR) is 114 cm³/mol. The van der Waals surface area contributed by atoms with Crippen molar-refractivity contribution in [2.75, 3.05) is 13.2 Å². The molecule has 0 spiro atoms. The molecule has 2 rings (SSSR count). The number of halogens is 2. The van der Waals surface area contributed by atoms with Gasteiger partial charge in [0.05, 0.1) is 4.47 Å². The molecular formula is C20H21Br2NO6. The highest BCUT2D eigenvalue weighted by molar-refractivity contribution is 9.11. The fourth-order valence-corrected chi connectivity index (χ4v) is 3.96. The second-order valence-electron chi connectivity index (χ2n) is 5.98. The van der Waals surface area contributed by atoms with E-state index in [1.807, 2.05) is 0 Å². The fraction of sp³-hybridized carbons (Fsp3) is 0.300. The van der Waals surface area contributed by atoms with E-state index < -0.39 is 24.2 Å². The number of benzene rings is 2. The van der Waals surface area contributed by atoms with E-state index in [9.17, 15) is 19.8 Å². The average molecular weight is 531 g/mol. The van der Waals surface area contributed by atoms with Gasteiger partial charge < -0.3 is 19.7 Å². The van der Waals surface area contributed by atoms with Gasteiger partial charge in [0.2, 0.25) is 0 Å². The Morgan fingerprint density at radius 2 is 1.86 bits per heavy atom. The van der Waals surface area contributed by atoms with E-state index in [0.29, 0.717) is 21.1 Å². The number of phenols is 1. The van der Waals surface area contributed by atoms with E-state index in [0.717, 1.165) is 0 Å². The highest BCUT2D eigenvalue weighted by Crippen LogP contribution is 2.39. The van der Waals surface area contributed by atoms with Gasteiger partial charge in [0.1, 0.15) is 11.9 Å². The number of nitrogens with one attached hydrogen (secondary N) is 1. The Labute approximate surface area is 185 Å². The van der Waals surface area contributed by atoms with Crippen LogP contribution in [-0.4, -0.2) is 41.5 Å². The van der Waals surface area contributed by atoms with Crippen LogP contribution >= 0.6 is 31.9 Å². The van der Waals surface area contributed by atoms with Gasteiger partial charge in [0.25, 0.3) is 5.91 Å². The molecule has 2 aromatic carbocycles. The van der Waals surface area contributed by atoms with E-state index in [-0.39, 0.29) is 24.3 Å². The normalized spacial score (nSPS) is 12.8. The number of aliphatic hydroxyl groups excluding tert-OH is 1. The molecule has 0 saturated carbocycles. The van der Waals surface area contributed by atoms with Gasteiger partial charge >= 0.3 is 6.09 Å². The minimum Gasteiger partial charge on any atom is -0.506 e. The van der Waals surface area contributed by atoms with Crippen molar-refractivity contribution in [2.24, 2.45) is 0 Å². The van der Waals surface area contributed by atoms with E-state index in [1.54, 1.807) is 49.4 Å². The number of ether oxygens (including phenoxy) is 2. The van der Waals surface area contributed by atoms with Crippen molar-refractivity contribution in [3.05, 3.63) is 62.5 Å². The lowest BCUT2D eigenvalue weighted by Gasteiger charge is -2.27. The zero-order chi connectivity index (χ0) is 21.4. The molecule has 0 aromatic heterocycles. The molecule has 2 atom stereocenters. The molecule has 29 heavy (non-hydrogen) atoms. The highest BCUT2D eigenvalue weighted by atomic mass is 79.9. The van der Waals surface area contributed by atoms with Crippen molar-refractivity contribution in [3.8, 4) is 5.75 Å². The van der Waals surface area contributed by atoms with Gasteiger partial charge in [-0.2, -0.15) is 0 Å². The third-order valence-electron chi connectivity index (χ3n) is 3.98. The van der Waals surface area contributed by atoms with Gasteiger partial charge in [-0.15, -0.1) is 0 Å². The van der Waals surface area contributed by atoms with Gasteiger partial charge in [-0.1, -0.05) is 34.1 Å². The first-order valence-electron chi connectivity index (χ1n) is 8.84. The van der Waals surface area contributed by atoms with Crippen LogP contribution in [0.2, 0.25) is 0 Å². The number of carbonyl (C=O) groups is 2. The summed E-state index contributed by atoms with van der Waals surface area (Å²) in [5, 5.41) is 22.0. The molecule has 156 valence electrons. The maximum atomic E-state index is 12.4. The molecule has 0 unspecified atom stereocenters. The topological polar surface area (TPSA) is 105 Å². The number of carbonyl (C=O) groups excluding carboxylic acids is 2. The third kappa shape index (κ3) is 6.53. The summed E-state index contributed by atoms with van der Waals surface area (Å²) < 4.78 is 12.1. The van der Waals surface area contributed by atoms with Crippen LogP contribution in [0.3, 0.4) is 0 Å². The molecule has 9 heteroatoms. The zero-order valence-electron chi connectivity index (χ0n) is 15.6. The smallest absolute Gasteiger partial charge is 0.414 e. The van der Waals surface area contributed by atoms with E-state index in [2.05, 4.69) is 37.2 Å². The summed E-state index contributed by atoms with van der Waals surface area (Å²) in [6.45, 7) is 1.84. The summed E-state index contributed by atoms with van der Waals surface area (Å²) in [6, 6.07) is 11.4. The second kappa shape index (κ2) is 11.3. The summed E-state index contributed by atoms with van der Waals surface area (Å²) >= 11 is 6.59. The summed E-state index contributed by atoms with van der Waals surface area (Å²) in [4.78, 5) is 24.6. The Morgan fingerprint density at radius 1 is 1.17 bits per heavy atom. The fourth-order valence-electron chi connectivity index (χ4n) is 2.71.